The van der Waals surface area contributed by atoms with Gasteiger partial charge in [-0.3, -0.25) is 10.2 Å². The molecule has 0 aliphatic carbocycles. The van der Waals surface area contributed by atoms with Crippen LogP contribution in [0, 0.1) is 0 Å². The van der Waals surface area contributed by atoms with E-state index in [2.05, 4.69) is 20.7 Å². The molecular formula is C17H15ClN4O3S. The molecule has 26 heavy (non-hydrogen) atoms. The molecule has 1 aromatic carbocycles. The molecule has 0 atom stereocenters. The Morgan fingerprint density at radius 2 is 2.27 bits per heavy atom. The SMILES string of the molecule is COc1cc(/C=N\Nc2cn[nH]c(=O)c2Cl)ccc1OCc1cccs1. The van der Waals surface area contributed by atoms with Crippen molar-refractivity contribution in [2.45, 2.75) is 6.61 Å². The van der Waals surface area contributed by atoms with Crippen LogP contribution < -0.4 is 20.5 Å². The Bertz CT molecular complexity index is 957. The van der Waals surface area contributed by atoms with Crippen LogP contribution in [0.25, 0.3) is 0 Å². The minimum absolute atomic E-state index is 0.00736. The largest absolute Gasteiger partial charge is 0.493 e. The van der Waals surface area contributed by atoms with Gasteiger partial charge in [0, 0.05) is 4.88 Å². The standard InChI is InChI=1S/C17H15ClN4O3S/c1-24-15-7-11(4-5-14(15)25-10-12-3-2-6-26-12)8-19-21-13-9-20-22-17(23)16(13)18/h2-9H,10H2,1H3,(H2,21,22,23)/b19-8-. The molecule has 0 bridgehead atoms. The van der Waals surface area contributed by atoms with Gasteiger partial charge in [-0.05, 0) is 35.2 Å². The van der Waals surface area contributed by atoms with Crippen LogP contribution in [0.4, 0.5) is 5.69 Å². The normalized spacial score (nSPS) is 10.8. The van der Waals surface area contributed by atoms with Crippen molar-refractivity contribution in [3.05, 3.63) is 67.7 Å². The first-order valence-electron chi connectivity index (χ1n) is 7.53. The van der Waals surface area contributed by atoms with Crippen LogP contribution in [0.3, 0.4) is 0 Å². The number of thiophene rings is 1. The lowest BCUT2D eigenvalue weighted by Gasteiger charge is -2.10. The summed E-state index contributed by atoms with van der Waals surface area (Å²) < 4.78 is 11.2. The first-order valence-corrected chi connectivity index (χ1v) is 8.78. The zero-order chi connectivity index (χ0) is 18.4. The second-order valence-electron chi connectivity index (χ2n) is 5.08. The molecule has 3 aromatic rings. The summed E-state index contributed by atoms with van der Waals surface area (Å²) in [6, 6.07) is 9.45. The fraction of sp³-hybridized carbons (Fsp3) is 0.118. The number of rotatable bonds is 7. The van der Waals surface area contributed by atoms with Gasteiger partial charge in [0.2, 0.25) is 0 Å². The molecule has 9 heteroatoms. The summed E-state index contributed by atoms with van der Waals surface area (Å²) in [4.78, 5) is 12.5. The highest BCUT2D eigenvalue weighted by Gasteiger charge is 2.06. The third-order valence-electron chi connectivity index (χ3n) is 3.33. The van der Waals surface area contributed by atoms with Crippen LogP contribution in [0.1, 0.15) is 10.4 Å². The Morgan fingerprint density at radius 3 is 3.04 bits per heavy atom. The quantitative estimate of drug-likeness (QED) is 0.476. The summed E-state index contributed by atoms with van der Waals surface area (Å²) in [5.41, 5.74) is 3.30. The molecule has 7 nitrogen and oxygen atoms in total. The molecule has 0 spiro atoms. The highest BCUT2D eigenvalue weighted by atomic mass is 35.5. The van der Waals surface area contributed by atoms with E-state index in [4.69, 9.17) is 21.1 Å². The summed E-state index contributed by atoms with van der Waals surface area (Å²) in [6.07, 6.45) is 2.95. The topological polar surface area (TPSA) is 88.6 Å². The molecule has 0 aliphatic rings. The van der Waals surface area contributed by atoms with Crippen molar-refractivity contribution >= 4 is 34.8 Å². The molecule has 2 N–H and O–H groups in total. The number of methoxy groups -OCH3 is 1. The highest BCUT2D eigenvalue weighted by Crippen LogP contribution is 2.28. The molecule has 2 heterocycles. The number of hydrogen-bond donors (Lipinski definition) is 2. The molecule has 0 saturated heterocycles. The van der Waals surface area contributed by atoms with Crippen molar-refractivity contribution in [1.29, 1.82) is 0 Å². The number of ether oxygens (including phenoxy) is 2. The van der Waals surface area contributed by atoms with Gasteiger partial charge in [-0.1, -0.05) is 17.7 Å². The minimum Gasteiger partial charge on any atom is -0.493 e. The van der Waals surface area contributed by atoms with E-state index in [1.807, 2.05) is 29.6 Å². The van der Waals surface area contributed by atoms with Crippen LogP contribution in [0.5, 0.6) is 11.5 Å². The first kappa shape index (κ1) is 18.0. The third-order valence-corrected chi connectivity index (χ3v) is 4.56. The number of aromatic nitrogens is 2. The zero-order valence-corrected chi connectivity index (χ0v) is 15.3. The predicted molar refractivity (Wildman–Crippen MR) is 103 cm³/mol. The summed E-state index contributed by atoms with van der Waals surface area (Å²) in [6.45, 7) is 0.483. The molecule has 134 valence electrons. The average molecular weight is 391 g/mol. The van der Waals surface area contributed by atoms with Gasteiger partial charge in [-0.15, -0.1) is 11.3 Å². The average Bonchev–Trinajstić information content (AvgIpc) is 3.17. The summed E-state index contributed by atoms with van der Waals surface area (Å²) in [5.74, 6) is 1.24. The Kier molecular flexibility index (Phi) is 5.88. The Hall–Kier alpha value is -2.84. The van der Waals surface area contributed by atoms with Gasteiger partial charge in [0.05, 0.1) is 19.5 Å². The zero-order valence-electron chi connectivity index (χ0n) is 13.7. The molecular weight excluding hydrogens is 376 g/mol. The van der Waals surface area contributed by atoms with Crippen molar-refractivity contribution < 1.29 is 9.47 Å². The summed E-state index contributed by atoms with van der Waals surface area (Å²) >= 11 is 7.50. The lowest BCUT2D eigenvalue weighted by atomic mass is 10.2. The van der Waals surface area contributed by atoms with Crippen LogP contribution in [-0.4, -0.2) is 23.5 Å². The maximum atomic E-state index is 11.4. The van der Waals surface area contributed by atoms with E-state index in [9.17, 15) is 4.79 Å². The van der Waals surface area contributed by atoms with Crippen molar-refractivity contribution in [3.63, 3.8) is 0 Å². The van der Waals surface area contributed by atoms with Crippen molar-refractivity contribution in [2.75, 3.05) is 12.5 Å². The molecule has 0 amide bonds. The molecule has 0 aliphatic heterocycles. The lowest BCUT2D eigenvalue weighted by Crippen LogP contribution is -2.10. The number of hydrogen-bond acceptors (Lipinski definition) is 7. The Morgan fingerprint density at radius 1 is 1.38 bits per heavy atom. The lowest BCUT2D eigenvalue weighted by molar-refractivity contribution is 0.287. The number of nitrogens with one attached hydrogen (secondary N) is 2. The number of halogens is 1. The molecule has 2 aromatic heterocycles. The van der Waals surface area contributed by atoms with E-state index >= 15 is 0 Å². The van der Waals surface area contributed by atoms with Crippen molar-refractivity contribution in [1.82, 2.24) is 10.2 Å². The Labute approximate surface area is 158 Å². The number of aromatic amines is 1. The van der Waals surface area contributed by atoms with Gasteiger partial charge in [-0.2, -0.15) is 10.2 Å². The van der Waals surface area contributed by atoms with E-state index in [1.54, 1.807) is 30.7 Å². The van der Waals surface area contributed by atoms with Crippen LogP contribution in [0.2, 0.25) is 5.02 Å². The van der Waals surface area contributed by atoms with Gasteiger partial charge in [0.1, 0.15) is 17.3 Å². The van der Waals surface area contributed by atoms with Crippen LogP contribution in [-0.2, 0) is 6.61 Å². The molecule has 3 rings (SSSR count). The Balaban J connectivity index is 1.68. The first-order chi connectivity index (χ1) is 12.7. The highest BCUT2D eigenvalue weighted by molar-refractivity contribution is 7.09. The van der Waals surface area contributed by atoms with E-state index in [0.717, 1.165) is 10.4 Å². The second kappa shape index (κ2) is 8.50. The molecule has 0 unspecified atom stereocenters. The maximum Gasteiger partial charge on any atom is 0.285 e. The van der Waals surface area contributed by atoms with Crippen LogP contribution >= 0.6 is 22.9 Å². The van der Waals surface area contributed by atoms with Gasteiger partial charge in [-0.25, -0.2) is 5.10 Å². The number of hydrazone groups is 1. The van der Waals surface area contributed by atoms with E-state index < -0.39 is 5.56 Å². The van der Waals surface area contributed by atoms with E-state index in [0.29, 0.717) is 23.8 Å². The fourth-order valence-corrected chi connectivity index (χ4v) is 2.81. The fourth-order valence-electron chi connectivity index (χ4n) is 2.07. The molecule has 0 radical (unpaired) electrons. The van der Waals surface area contributed by atoms with E-state index in [1.165, 1.54) is 6.20 Å². The van der Waals surface area contributed by atoms with Gasteiger partial charge in [0.25, 0.3) is 5.56 Å². The van der Waals surface area contributed by atoms with Crippen molar-refractivity contribution in [2.24, 2.45) is 5.10 Å². The van der Waals surface area contributed by atoms with Crippen LogP contribution in [0.15, 0.2) is 51.8 Å². The van der Waals surface area contributed by atoms with Gasteiger partial charge < -0.3 is 9.47 Å². The van der Waals surface area contributed by atoms with E-state index in [-0.39, 0.29) is 5.02 Å². The molecule has 0 fully saturated rings. The summed E-state index contributed by atoms with van der Waals surface area (Å²) in [7, 11) is 1.58. The maximum absolute atomic E-state index is 11.4. The van der Waals surface area contributed by atoms with Crippen molar-refractivity contribution in [3.8, 4) is 11.5 Å². The smallest absolute Gasteiger partial charge is 0.285 e. The predicted octanol–water partition coefficient (Wildman–Crippen LogP) is 3.52. The number of anilines is 1. The van der Waals surface area contributed by atoms with Gasteiger partial charge >= 0.3 is 0 Å². The number of H-pyrrole nitrogens is 1. The van der Waals surface area contributed by atoms with Gasteiger partial charge in [0.15, 0.2) is 11.5 Å². The second-order valence-corrected chi connectivity index (χ2v) is 6.49. The minimum atomic E-state index is -0.485. The third kappa shape index (κ3) is 4.41. The molecule has 0 saturated carbocycles. The summed E-state index contributed by atoms with van der Waals surface area (Å²) in [5, 5.41) is 11.9. The number of benzene rings is 1. The number of nitrogens with zero attached hydrogens (tertiary/aromatic N) is 2. The monoisotopic (exact) mass is 390 g/mol.